The number of hydrogen-bond acceptors (Lipinski definition) is 3. The van der Waals surface area contributed by atoms with Crippen molar-refractivity contribution in [2.24, 2.45) is 17.8 Å². The highest BCUT2D eigenvalue weighted by Crippen LogP contribution is 2.25. The molecule has 0 fully saturated rings. The minimum Gasteiger partial charge on any atom is -0.303 e. The van der Waals surface area contributed by atoms with Gasteiger partial charge in [0.25, 0.3) is 0 Å². The number of rotatable bonds is 12. The zero-order valence-electron chi connectivity index (χ0n) is 12.6. The predicted octanol–water partition coefficient (Wildman–Crippen LogP) is 4.10. The smallest absolute Gasteiger partial charge is 0.207 e. The maximum atomic E-state index is 11.2. The second kappa shape index (κ2) is 10.9. The number of hydrogen-bond donors (Lipinski definition) is 0. The van der Waals surface area contributed by atoms with Crippen LogP contribution in [-0.4, -0.2) is 17.8 Å². The van der Waals surface area contributed by atoms with E-state index in [1.165, 1.54) is 25.7 Å². The van der Waals surface area contributed by atoms with E-state index in [2.05, 4.69) is 6.92 Å². The molecule has 0 aliphatic carbocycles. The standard InChI is InChI=1S/C15H29NO3/c1-4-5-6-7-8-9-10-14(12-17)15(13(2)3)11-16(18)19/h12-15H,4-11H2,1-3H3/t14-,15+/m0/s1. The SMILES string of the molecule is CCCCCCCC[C@@H](C=O)[C@H](C[N+](=O)[O-])C(C)C. The number of carbonyl (C=O) groups excluding carboxylic acids is 1. The van der Waals surface area contributed by atoms with Crippen LogP contribution in [0.5, 0.6) is 0 Å². The van der Waals surface area contributed by atoms with Crippen LogP contribution in [0.15, 0.2) is 0 Å². The minimum atomic E-state index is -0.289. The van der Waals surface area contributed by atoms with Crippen LogP contribution >= 0.6 is 0 Å². The first-order valence-corrected chi connectivity index (χ1v) is 7.60. The molecule has 0 spiro atoms. The Bertz CT molecular complexity index is 254. The van der Waals surface area contributed by atoms with E-state index in [9.17, 15) is 14.9 Å². The van der Waals surface area contributed by atoms with Crippen LogP contribution < -0.4 is 0 Å². The van der Waals surface area contributed by atoms with Crippen molar-refractivity contribution in [1.29, 1.82) is 0 Å². The van der Waals surface area contributed by atoms with Crippen LogP contribution in [0.4, 0.5) is 0 Å². The lowest BCUT2D eigenvalue weighted by atomic mass is 9.81. The van der Waals surface area contributed by atoms with Gasteiger partial charge in [-0.1, -0.05) is 59.3 Å². The Hall–Kier alpha value is -0.930. The molecule has 0 aromatic heterocycles. The lowest BCUT2D eigenvalue weighted by Gasteiger charge is -2.22. The third-order valence-electron chi connectivity index (χ3n) is 3.83. The maximum Gasteiger partial charge on any atom is 0.207 e. The summed E-state index contributed by atoms with van der Waals surface area (Å²) in [5.74, 6) is -0.0968. The molecule has 0 saturated carbocycles. The number of nitro groups is 1. The summed E-state index contributed by atoms with van der Waals surface area (Å²) in [5.41, 5.74) is 0. The highest BCUT2D eigenvalue weighted by atomic mass is 16.6. The van der Waals surface area contributed by atoms with Crippen molar-refractivity contribution >= 4 is 6.29 Å². The van der Waals surface area contributed by atoms with Crippen LogP contribution in [-0.2, 0) is 4.79 Å². The molecular weight excluding hydrogens is 242 g/mol. The summed E-state index contributed by atoms with van der Waals surface area (Å²) in [4.78, 5) is 21.6. The van der Waals surface area contributed by atoms with Crippen molar-refractivity contribution in [3.63, 3.8) is 0 Å². The molecule has 0 N–H and O–H groups in total. The first-order chi connectivity index (χ1) is 9.02. The van der Waals surface area contributed by atoms with E-state index in [1.807, 2.05) is 13.8 Å². The van der Waals surface area contributed by atoms with E-state index >= 15 is 0 Å². The quantitative estimate of drug-likeness (QED) is 0.232. The lowest BCUT2D eigenvalue weighted by molar-refractivity contribution is -0.491. The Labute approximate surface area is 117 Å². The fourth-order valence-electron chi connectivity index (χ4n) is 2.56. The van der Waals surface area contributed by atoms with Crippen molar-refractivity contribution in [3.8, 4) is 0 Å². The summed E-state index contributed by atoms with van der Waals surface area (Å²) < 4.78 is 0. The lowest BCUT2D eigenvalue weighted by Crippen LogP contribution is -2.28. The van der Waals surface area contributed by atoms with Crippen LogP contribution in [0.3, 0.4) is 0 Å². The number of carbonyl (C=O) groups is 1. The number of nitrogens with zero attached hydrogens (tertiary/aromatic N) is 1. The molecule has 0 rings (SSSR count). The summed E-state index contributed by atoms with van der Waals surface area (Å²) >= 11 is 0. The molecule has 0 aromatic rings. The third-order valence-corrected chi connectivity index (χ3v) is 3.83. The molecular formula is C15H29NO3. The fraction of sp³-hybridized carbons (Fsp3) is 0.933. The molecule has 0 aliphatic rings. The molecule has 112 valence electrons. The zero-order valence-corrected chi connectivity index (χ0v) is 12.6. The Balaban J connectivity index is 4.07. The molecule has 0 unspecified atom stereocenters. The summed E-state index contributed by atoms with van der Waals surface area (Å²) in [6.45, 7) is 6.03. The van der Waals surface area contributed by atoms with Gasteiger partial charge in [0.15, 0.2) is 0 Å². The van der Waals surface area contributed by atoms with Crippen LogP contribution in [0.1, 0.15) is 65.7 Å². The average Bonchev–Trinajstić information content (AvgIpc) is 2.35. The van der Waals surface area contributed by atoms with E-state index in [4.69, 9.17) is 0 Å². The van der Waals surface area contributed by atoms with Crippen molar-refractivity contribution in [2.45, 2.75) is 65.7 Å². The van der Waals surface area contributed by atoms with Crippen molar-refractivity contribution in [3.05, 3.63) is 10.1 Å². The topological polar surface area (TPSA) is 60.2 Å². The molecule has 2 atom stereocenters. The Morgan fingerprint density at radius 2 is 1.68 bits per heavy atom. The second-order valence-electron chi connectivity index (χ2n) is 5.78. The highest BCUT2D eigenvalue weighted by molar-refractivity contribution is 5.54. The number of unbranched alkanes of at least 4 members (excludes halogenated alkanes) is 5. The van der Waals surface area contributed by atoms with Crippen LogP contribution in [0.25, 0.3) is 0 Å². The predicted molar refractivity (Wildman–Crippen MR) is 77.7 cm³/mol. The summed E-state index contributed by atoms with van der Waals surface area (Å²) in [6, 6.07) is 0. The van der Waals surface area contributed by atoms with E-state index in [1.54, 1.807) is 0 Å². The van der Waals surface area contributed by atoms with Crippen LogP contribution in [0.2, 0.25) is 0 Å². The minimum absolute atomic E-state index is 0.0864. The fourth-order valence-corrected chi connectivity index (χ4v) is 2.56. The van der Waals surface area contributed by atoms with Crippen molar-refractivity contribution in [2.75, 3.05) is 6.54 Å². The van der Waals surface area contributed by atoms with Crippen molar-refractivity contribution in [1.82, 2.24) is 0 Å². The van der Waals surface area contributed by atoms with Gasteiger partial charge in [-0.25, -0.2) is 0 Å². The first-order valence-electron chi connectivity index (χ1n) is 7.60. The van der Waals surface area contributed by atoms with E-state index in [0.29, 0.717) is 0 Å². The van der Waals surface area contributed by atoms with Crippen LogP contribution in [0, 0.1) is 27.9 Å². The van der Waals surface area contributed by atoms with Gasteiger partial charge in [-0.05, 0) is 12.3 Å². The van der Waals surface area contributed by atoms with Gasteiger partial charge < -0.3 is 4.79 Å². The monoisotopic (exact) mass is 271 g/mol. The van der Waals surface area contributed by atoms with E-state index in [0.717, 1.165) is 25.5 Å². The molecule has 0 aliphatic heterocycles. The zero-order chi connectivity index (χ0) is 14.7. The molecule has 0 aromatic carbocycles. The summed E-state index contributed by atoms with van der Waals surface area (Å²) in [5, 5.41) is 10.7. The number of aldehydes is 1. The largest absolute Gasteiger partial charge is 0.303 e. The molecule has 0 saturated heterocycles. The van der Waals surface area contributed by atoms with Gasteiger partial charge in [-0.15, -0.1) is 0 Å². The van der Waals surface area contributed by atoms with Gasteiger partial charge in [-0.2, -0.15) is 0 Å². The molecule has 4 heteroatoms. The second-order valence-corrected chi connectivity index (χ2v) is 5.78. The normalized spacial score (nSPS) is 14.3. The molecule has 4 nitrogen and oxygen atoms in total. The Kier molecular flexibility index (Phi) is 10.4. The van der Waals surface area contributed by atoms with Gasteiger partial charge >= 0.3 is 0 Å². The van der Waals surface area contributed by atoms with Gasteiger partial charge in [-0.3, -0.25) is 10.1 Å². The molecule has 0 radical (unpaired) electrons. The van der Waals surface area contributed by atoms with E-state index in [-0.39, 0.29) is 29.2 Å². The van der Waals surface area contributed by atoms with Gasteiger partial charge in [0.2, 0.25) is 6.54 Å². The first kappa shape index (κ1) is 18.1. The highest BCUT2D eigenvalue weighted by Gasteiger charge is 2.28. The van der Waals surface area contributed by atoms with E-state index < -0.39 is 0 Å². The van der Waals surface area contributed by atoms with Gasteiger partial charge in [0.1, 0.15) is 6.29 Å². The third kappa shape index (κ3) is 8.73. The Morgan fingerprint density at radius 3 is 2.16 bits per heavy atom. The molecule has 0 amide bonds. The molecule has 0 heterocycles. The summed E-state index contributed by atoms with van der Waals surface area (Å²) in [6.07, 6.45) is 8.84. The van der Waals surface area contributed by atoms with Gasteiger partial charge in [0.05, 0.1) is 0 Å². The van der Waals surface area contributed by atoms with Gasteiger partial charge in [0, 0.05) is 16.8 Å². The summed E-state index contributed by atoms with van der Waals surface area (Å²) in [7, 11) is 0. The molecule has 0 bridgehead atoms. The Morgan fingerprint density at radius 1 is 1.11 bits per heavy atom. The van der Waals surface area contributed by atoms with Crippen molar-refractivity contribution < 1.29 is 9.72 Å². The maximum absolute atomic E-state index is 11.2. The average molecular weight is 271 g/mol. The molecule has 19 heavy (non-hydrogen) atoms.